The normalized spacial score (nSPS) is 12.3. The summed E-state index contributed by atoms with van der Waals surface area (Å²) in [6.07, 6.45) is 0.621. The highest BCUT2D eigenvalue weighted by molar-refractivity contribution is 5.19. The molecule has 0 aliphatic carbocycles. The van der Waals surface area contributed by atoms with Gasteiger partial charge in [-0.05, 0) is 42.1 Å². The van der Waals surface area contributed by atoms with Gasteiger partial charge in [0.15, 0.2) is 0 Å². The number of benzene rings is 2. The van der Waals surface area contributed by atoms with Crippen molar-refractivity contribution < 1.29 is 8.78 Å². The molecule has 0 fully saturated rings. The molecule has 0 radical (unpaired) electrons. The van der Waals surface area contributed by atoms with Crippen LogP contribution in [0.15, 0.2) is 48.5 Å². The summed E-state index contributed by atoms with van der Waals surface area (Å²) in [6.45, 7) is 3.71. The van der Waals surface area contributed by atoms with E-state index in [0.717, 1.165) is 12.6 Å². The van der Waals surface area contributed by atoms with Crippen LogP contribution in [0.2, 0.25) is 0 Å². The molecule has 0 heterocycles. The molecular formula is C17H19F2N. The first-order chi connectivity index (χ1) is 9.65. The molecule has 0 spiro atoms. The quantitative estimate of drug-likeness (QED) is 0.788. The van der Waals surface area contributed by atoms with Gasteiger partial charge in [0.05, 0.1) is 0 Å². The Morgan fingerprint density at radius 2 is 1.65 bits per heavy atom. The summed E-state index contributed by atoms with van der Waals surface area (Å²) in [5.74, 6) is -0.615. The zero-order valence-corrected chi connectivity index (χ0v) is 11.6. The third-order valence-corrected chi connectivity index (χ3v) is 3.33. The monoisotopic (exact) mass is 275 g/mol. The summed E-state index contributed by atoms with van der Waals surface area (Å²) in [7, 11) is 0. The lowest BCUT2D eigenvalue weighted by Gasteiger charge is -2.13. The van der Waals surface area contributed by atoms with Gasteiger partial charge >= 0.3 is 0 Å². The van der Waals surface area contributed by atoms with E-state index in [1.54, 1.807) is 0 Å². The van der Waals surface area contributed by atoms with E-state index in [1.165, 1.54) is 17.7 Å². The van der Waals surface area contributed by atoms with Gasteiger partial charge in [0, 0.05) is 12.6 Å². The molecule has 2 aromatic carbocycles. The standard InChI is InChI=1S/C17H19F2N/c1-13(15-5-3-2-4-6-15)12-20-8-7-14-9-16(18)11-17(19)10-14/h2-6,9-11,13,20H,7-8,12H2,1H3. The third kappa shape index (κ3) is 4.42. The third-order valence-electron chi connectivity index (χ3n) is 3.33. The van der Waals surface area contributed by atoms with E-state index >= 15 is 0 Å². The maximum atomic E-state index is 13.0. The van der Waals surface area contributed by atoms with Gasteiger partial charge in [-0.25, -0.2) is 8.78 Å². The zero-order chi connectivity index (χ0) is 14.4. The van der Waals surface area contributed by atoms with Crippen molar-refractivity contribution >= 4 is 0 Å². The summed E-state index contributed by atoms with van der Waals surface area (Å²) >= 11 is 0. The highest BCUT2D eigenvalue weighted by Crippen LogP contribution is 2.13. The topological polar surface area (TPSA) is 12.0 Å². The van der Waals surface area contributed by atoms with Crippen LogP contribution in [0.1, 0.15) is 24.0 Å². The number of rotatable bonds is 6. The molecule has 106 valence electrons. The number of halogens is 2. The van der Waals surface area contributed by atoms with Crippen LogP contribution in [0.5, 0.6) is 0 Å². The SMILES string of the molecule is CC(CNCCc1cc(F)cc(F)c1)c1ccccc1. The van der Waals surface area contributed by atoms with Gasteiger partial charge in [0.2, 0.25) is 0 Å². The Labute approximate surface area is 118 Å². The molecule has 0 saturated heterocycles. The smallest absolute Gasteiger partial charge is 0.126 e. The molecule has 0 saturated carbocycles. The second-order valence-corrected chi connectivity index (χ2v) is 5.04. The summed E-state index contributed by atoms with van der Waals surface area (Å²) in [4.78, 5) is 0. The zero-order valence-electron chi connectivity index (χ0n) is 11.6. The Balaban J connectivity index is 1.76. The molecule has 0 aliphatic rings. The average molecular weight is 275 g/mol. The lowest BCUT2D eigenvalue weighted by atomic mass is 10.0. The summed E-state index contributed by atoms with van der Waals surface area (Å²) in [6, 6.07) is 13.9. The highest BCUT2D eigenvalue weighted by Gasteiger charge is 2.04. The fraction of sp³-hybridized carbons (Fsp3) is 0.294. The van der Waals surface area contributed by atoms with Gasteiger partial charge in [-0.15, -0.1) is 0 Å². The van der Waals surface area contributed by atoms with Crippen LogP contribution in [0.4, 0.5) is 8.78 Å². The lowest BCUT2D eigenvalue weighted by Crippen LogP contribution is -2.22. The minimum Gasteiger partial charge on any atom is -0.316 e. The Bertz CT molecular complexity index is 520. The molecule has 1 atom stereocenters. The Hall–Kier alpha value is -1.74. The van der Waals surface area contributed by atoms with Crippen molar-refractivity contribution in [3.8, 4) is 0 Å². The van der Waals surface area contributed by atoms with Crippen molar-refractivity contribution in [3.05, 3.63) is 71.3 Å². The van der Waals surface area contributed by atoms with Crippen molar-refractivity contribution in [3.63, 3.8) is 0 Å². The van der Waals surface area contributed by atoms with Crippen LogP contribution >= 0.6 is 0 Å². The van der Waals surface area contributed by atoms with Crippen molar-refractivity contribution in [1.29, 1.82) is 0 Å². The molecule has 0 bridgehead atoms. The van der Waals surface area contributed by atoms with Crippen molar-refractivity contribution in [2.75, 3.05) is 13.1 Å². The predicted molar refractivity (Wildman–Crippen MR) is 77.8 cm³/mol. The molecule has 1 N–H and O–H groups in total. The first kappa shape index (κ1) is 14.7. The maximum Gasteiger partial charge on any atom is 0.126 e. The largest absolute Gasteiger partial charge is 0.316 e. The fourth-order valence-electron chi connectivity index (χ4n) is 2.21. The Kier molecular flexibility index (Phi) is 5.24. The van der Waals surface area contributed by atoms with E-state index in [1.807, 2.05) is 18.2 Å². The Morgan fingerprint density at radius 3 is 2.30 bits per heavy atom. The van der Waals surface area contributed by atoms with E-state index < -0.39 is 11.6 Å². The average Bonchev–Trinajstić information content (AvgIpc) is 2.43. The molecule has 2 aromatic rings. The van der Waals surface area contributed by atoms with Gasteiger partial charge in [0.1, 0.15) is 11.6 Å². The van der Waals surface area contributed by atoms with Crippen LogP contribution in [0, 0.1) is 11.6 Å². The second-order valence-electron chi connectivity index (χ2n) is 5.04. The van der Waals surface area contributed by atoms with Crippen molar-refractivity contribution in [2.24, 2.45) is 0 Å². The number of nitrogens with one attached hydrogen (secondary N) is 1. The number of hydrogen-bond donors (Lipinski definition) is 1. The van der Waals surface area contributed by atoms with Crippen LogP contribution in [-0.4, -0.2) is 13.1 Å². The van der Waals surface area contributed by atoms with Gasteiger partial charge < -0.3 is 5.32 Å². The van der Waals surface area contributed by atoms with Crippen LogP contribution < -0.4 is 5.32 Å². The predicted octanol–water partition coefficient (Wildman–Crippen LogP) is 3.90. The summed E-state index contributed by atoms with van der Waals surface area (Å²) < 4.78 is 26.1. The lowest BCUT2D eigenvalue weighted by molar-refractivity contribution is 0.575. The molecule has 0 amide bonds. The summed E-state index contributed by atoms with van der Waals surface area (Å²) in [5, 5.41) is 3.33. The van der Waals surface area contributed by atoms with Crippen molar-refractivity contribution in [2.45, 2.75) is 19.3 Å². The first-order valence-electron chi connectivity index (χ1n) is 6.86. The molecule has 1 unspecified atom stereocenters. The number of hydrogen-bond acceptors (Lipinski definition) is 1. The van der Waals surface area contributed by atoms with E-state index in [0.29, 0.717) is 24.4 Å². The Morgan fingerprint density at radius 1 is 1.00 bits per heavy atom. The van der Waals surface area contributed by atoms with E-state index in [4.69, 9.17) is 0 Å². The summed E-state index contributed by atoms with van der Waals surface area (Å²) in [5.41, 5.74) is 1.97. The van der Waals surface area contributed by atoms with Crippen LogP contribution in [-0.2, 0) is 6.42 Å². The molecule has 0 aliphatic heterocycles. The van der Waals surface area contributed by atoms with Crippen molar-refractivity contribution in [1.82, 2.24) is 5.32 Å². The molecular weight excluding hydrogens is 256 g/mol. The van der Waals surface area contributed by atoms with Gasteiger partial charge in [0.25, 0.3) is 0 Å². The van der Waals surface area contributed by atoms with Gasteiger partial charge in [-0.3, -0.25) is 0 Å². The van der Waals surface area contributed by atoms with Gasteiger partial charge in [-0.1, -0.05) is 37.3 Å². The molecule has 0 aromatic heterocycles. The molecule has 1 nitrogen and oxygen atoms in total. The highest BCUT2D eigenvalue weighted by atomic mass is 19.1. The van der Waals surface area contributed by atoms with Crippen LogP contribution in [0.25, 0.3) is 0 Å². The van der Waals surface area contributed by atoms with E-state index in [-0.39, 0.29) is 0 Å². The first-order valence-corrected chi connectivity index (χ1v) is 6.86. The van der Waals surface area contributed by atoms with Crippen LogP contribution in [0.3, 0.4) is 0 Å². The maximum absolute atomic E-state index is 13.0. The molecule has 2 rings (SSSR count). The fourth-order valence-corrected chi connectivity index (χ4v) is 2.21. The molecule has 20 heavy (non-hydrogen) atoms. The molecule has 3 heteroatoms. The van der Waals surface area contributed by atoms with Gasteiger partial charge in [-0.2, -0.15) is 0 Å². The van der Waals surface area contributed by atoms with E-state index in [9.17, 15) is 8.78 Å². The van der Waals surface area contributed by atoms with E-state index in [2.05, 4.69) is 24.4 Å². The second kappa shape index (κ2) is 7.15. The minimum atomic E-state index is -0.516. The minimum absolute atomic E-state index is 0.417.